The van der Waals surface area contributed by atoms with Gasteiger partial charge in [-0.3, -0.25) is 9.59 Å². The Labute approximate surface area is 113 Å². The lowest BCUT2D eigenvalue weighted by Crippen LogP contribution is -2.41. The topological polar surface area (TPSA) is 89.4 Å². The summed E-state index contributed by atoms with van der Waals surface area (Å²) in [6, 6.07) is 7.13. The third kappa shape index (κ3) is 5.42. The first-order chi connectivity index (χ1) is 8.88. The Bertz CT molecular complexity index is 441. The number of primary amides is 1. The van der Waals surface area contributed by atoms with Crippen LogP contribution in [-0.4, -0.2) is 29.8 Å². The summed E-state index contributed by atoms with van der Waals surface area (Å²) in [6.45, 7) is 4.47. The summed E-state index contributed by atoms with van der Waals surface area (Å²) in [5, 5.41) is 0. The molecule has 1 aromatic carbocycles. The van der Waals surface area contributed by atoms with Crippen LogP contribution in [0.2, 0.25) is 0 Å². The monoisotopic (exact) mass is 263 g/mol. The second kappa shape index (κ2) is 6.78. The summed E-state index contributed by atoms with van der Waals surface area (Å²) in [6.07, 6.45) is 0.250. The minimum atomic E-state index is -0.494. The lowest BCUT2D eigenvalue weighted by atomic mass is 10.1. The number of rotatable bonds is 6. The van der Waals surface area contributed by atoms with E-state index in [0.29, 0.717) is 12.2 Å². The molecular weight excluding hydrogens is 242 g/mol. The van der Waals surface area contributed by atoms with E-state index in [1.807, 2.05) is 26.0 Å². The average molecular weight is 263 g/mol. The quantitative estimate of drug-likeness (QED) is 0.743. The summed E-state index contributed by atoms with van der Waals surface area (Å²) in [7, 11) is 0. The maximum Gasteiger partial charge on any atom is 0.237 e. The number of hydrogen-bond acceptors (Lipinski definition) is 3. The lowest BCUT2D eigenvalue weighted by molar-refractivity contribution is -0.135. The number of amides is 2. The Morgan fingerprint density at radius 1 is 1.21 bits per heavy atom. The van der Waals surface area contributed by atoms with Crippen LogP contribution in [0.25, 0.3) is 0 Å². The van der Waals surface area contributed by atoms with Crippen molar-refractivity contribution in [3.63, 3.8) is 0 Å². The van der Waals surface area contributed by atoms with E-state index < -0.39 is 5.91 Å². The van der Waals surface area contributed by atoms with Gasteiger partial charge in [0.05, 0.1) is 13.0 Å². The molecule has 0 bridgehead atoms. The van der Waals surface area contributed by atoms with E-state index in [-0.39, 0.29) is 24.8 Å². The highest BCUT2D eigenvalue weighted by Gasteiger charge is 2.17. The second-order valence-corrected chi connectivity index (χ2v) is 5.05. The van der Waals surface area contributed by atoms with E-state index in [9.17, 15) is 9.59 Å². The van der Waals surface area contributed by atoms with Crippen molar-refractivity contribution in [1.29, 1.82) is 0 Å². The zero-order valence-corrected chi connectivity index (χ0v) is 11.4. The molecule has 0 aliphatic heterocycles. The molecule has 104 valence electrons. The number of carbonyl (C=O) groups is 2. The number of benzene rings is 1. The van der Waals surface area contributed by atoms with E-state index in [4.69, 9.17) is 11.5 Å². The number of nitrogens with zero attached hydrogens (tertiary/aromatic N) is 1. The van der Waals surface area contributed by atoms with Gasteiger partial charge in [-0.25, -0.2) is 0 Å². The number of carbonyl (C=O) groups excluding carboxylic acids is 2. The summed E-state index contributed by atoms with van der Waals surface area (Å²) in [4.78, 5) is 24.7. The zero-order chi connectivity index (χ0) is 14.4. The van der Waals surface area contributed by atoms with Crippen LogP contribution >= 0.6 is 0 Å². The molecule has 2 amide bonds. The lowest BCUT2D eigenvalue weighted by Gasteiger charge is -2.23. The van der Waals surface area contributed by atoms with Crippen LogP contribution in [0.4, 0.5) is 5.69 Å². The molecule has 0 fully saturated rings. The van der Waals surface area contributed by atoms with E-state index in [1.165, 1.54) is 4.90 Å². The molecular formula is C14H21N3O2. The molecule has 0 aromatic heterocycles. The standard InChI is InChI=1S/C14H21N3O2/c1-10(2)8-17(9-13(16)18)14(19)7-11-3-5-12(15)6-4-11/h3-6,10H,7-9,15H2,1-2H3,(H2,16,18). The fraction of sp³-hybridized carbons (Fsp3) is 0.429. The van der Waals surface area contributed by atoms with Crippen LogP contribution in [-0.2, 0) is 16.0 Å². The molecule has 0 saturated heterocycles. The Morgan fingerprint density at radius 2 is 1.79 bits per heavy atom. The van der Waals surface area contributed by atoms with Crippen molar-refractivity contribution in [3.05, 3.63) is 29.8 Å². The molecule has 0 aliphatic carbocycles. The molecule has 5 heteroatoms. The van der Waals surface area contributed by atoms with Crippen molar-refractivity contribution in [2.24, 2.45) is 11.7 Å². The third-order valence-electron chi connectivity index (χ3n) is 2.62. The summed E-state index contributed by atoms with van der Waals surface area (Å²) in [5.74, 6) is -0.307. The molecule has 1 aromatic rings. The highest BCUT2D eigenvalue weighted by Crippen LogP contribution is 2.08. The van der Waals surface area contributed by atoms with Gasteiger partial charge in [-0.2, -0.15) is 0 Å². The molecule has 0 unspecified atom stereocenters. The Morgan fingerprint density at radius 3 is 2.26 bits per heavy atom. The summed E-state index contributed by atoms with van der Waals surface area (Å²) < 4.78 is 0. The molecule has 0 heterocycles. The van der Waals surface area contributed by atoms with Crippen LogP contribution in [0, 0.1) is 5.92 Å². The highest BCUT2D eigenvalue weighted by molar-refractivity contribution is 5.85. The normalized spacial score (nSPS) is 10.5. The number of nitrogen functional groups attached to an aromatic ring is 1. The molecule has 0 spiro atoms. The fourth-order valence-corrected chi connectivity index (χ4v) is 1.81. The van der Waals surface area contributed by atoms with Crippen LogP contribution in [0.3, 0.4) is 0 Å². The van der Waals surface area contributed by atoms with Gasteiger partial charge < -0.3 is 16.4 Å². The third-order valence-corrected chi connectivity index (χ3v) is 2.62. The van der Waals surface area contributed by atoms with Crippen molar-refractivity contribution < 1.29 is 9.59 Å². The zero-order valence-electron chi connectivity index (χ0n) is 11.4. The molecule has 0 saturated carbocycles. The molecule has 0 aliphatic rings. The van der Waals surface area contributed by atoms with Crippen LogP contribution < -0.4 is 11.5 Å². The molecule has 0 atom stereocenters. The highest BCUT2D eigenvalue weighted by atomic mass is 16.2. The number of hydrogen-bond donors (Lipinski definition) is 2. The van der Waals surface area contributed by atoms with Gasteiger partial charge in [-0.15, -0.1) is 0 Å². The van der Waals surface area contributed by atoms with Gasteiger partial charge in [0.25, 0.3) is 0 Å². The maximum atomic E-state index is 12.2. The molecule has 5 nitrogen and oxygen atoms in total. The van der Waals surface area contributed by atoms with Crippen molar-refractivity contribution in [2.45, 2.75) is 20.3 Å². The van der Waals surface area contributed by atoms with Gasteiger partial charge in [0.2, 0.25) is 11.8 Å². The minimum Gasteiger partial charge on any atom is -0.399 e. The number of anilines is 1. The van der Waals surface area contributed by atoms with Crippen LogP contribution in [0.1, 0.15) is 19.4 Å². The van der Waals surface area contributed by atoms with Crippen molar-refractivity contribution in [1.82, 2.24) is 4.90 Å². The average Bonchev–Trinajstić information content (AvgIpc) is 2.30. The number of nitrogens with two attached hydrogens (primary N) is 2. The first kappa shape index (κ1) is 15.0. The Hall–Kier alpha value is -2.04. The Kier molecular flexibility index (Phi) is 5.36. The van der Waals surface area contributed by atoms with Crippen LogP contribution in [0.15, 0.2) is 24.3 Å². The molecule has 1 rings (SSSR count). The fourth-order valence-electron chi connectivity index (χ4n) is 1.81. The molecule has 0 radical (unpaired) electrons. The molecule has 19 heavy (non-hydrogen) atoms. The van der Waals surface area contributed by atoms with Gasteiger partial charge in [0.15, 0.2) is 0 Å². The van der Waals surface area contributed by atoms with Gasteiger partial charge in [-0.1, -0.05) is 26.0 Å². The molecule has 4 N–H and O–H groups in total. The first-order valence-electron chi connectivity index (χ1n) is 6.29. The van der Waals surface area contributed by atoms with Gasteiger partial charge in [0, 0.05) is 12.2 Å². The smallest absolute Gasteiger partial charge is 0.237 e. The van der Waals surface area contributed by atoms with Crippen molar-refractivity contribution in [2.75, 3.05) is 18.8 Å². The largest absolute Gasteiger partial charge is 0.399 e. The minimum absolute atomic E-state index is 0.0357. The maximum absolute atomic E-state index is 12.2. The van der Waals surface area contributed by atoms with E-state index in [2.05, 4.69) is 0 Å². The Balaban J connectivity index is 2.70. The van der Waals surface area contributed by atoms with Gasteiger partial charge >= 0.3 is 0 Å². The van der Waals surface area contributed by atoms with Crippen molar-refractivity contribution >= 4 is 17.5 Å². The predicted octanol–water partition coefficient (Wildman–Crippen LogP) is 0.781. The SMILES string of the molecule is CC(C)CN(CC(N)=O)C(=O)Cc1ccc(N)cc1. The van der Waals surface area contributed by atoms with E-state index in [0.717, 1.165) is 5.56 Å². The first-order valence-corrected chi connectivity index (χ1v) is 6.29. The predicted molar refractivity (Wildman–Crippen MR) is 75.2 cm³/mol. The summed E-state index contributed by atoms with van der Waals surface area (Å²) >= 11 is 0. The second-order valence-electron chi connectivity index (χ2n) is 5.05. The van der Waals surface area contributed by atoms with Crippen molar-refractivity contribution in [3.8, 4) is 0 Å². The van der Waals surface area contributed by atoms with E-state index >= 15 is 0 Å². The van der Waals surface area contributed by atoms with Crippen LogP contribution in [0.5, 0.6) is 0 Å². The van der Waals surface area contributed by atoms with Gasteiger partial charge in [-0.05, 0) is 23.6 Å². The summed E-state index contributed by atoms with van der Waals surface area (Å²) in [5.41, 5.74) is 12.3. The van der Waals surface area contributed by atoms with Gasteiger partial charge in [0.1, 0.15) is 0 Å². The van der Waals surface area contributed by atoms with E-state index in [1.54, 1.807) is 12.1 Å².